The number of pyridine rings is 2. The van der Waals surface area contributed by atoms with Gasteiger partial charge in [0.15, 0.2) is 6.23 Å². The molecule has 14 heteroatoms. The van der Waals surface area contributed by atoms with Gasteiger partial charge in [0.1, 0.15) is 23.3 Å². The number of carbonyl (C=O) groups excluding carboxylic acids is 2. The summed E-state index contributed by atoms with van der Waals surface area (Å²) >= 11 is 0. The van der Waals surface area contributed by atoms with Crippen molar-refractivity contribution in [2.45, 2.75) is 32.0 Å². The molecule has 0 spiro atoms. The molecule has 3 aromatic heterocycles. The Morgan fingerprint density at radius 3 is 1.84 bits per heavy atom. The summed E-state index contributed by atoms with van der Waals surface area (Å²) in [4.78, 5) is 38.4. The molecule has 0 bridgehead atoms. The summed E-state index contributed by atoms with van der Waals surface area (Å²) in [6, 6.07) is 27.5. The Kier molecular flexibility index (Phi) is 12.5. The van der Waals surface area contributed by atoms with Crippen molar-refractivity contribution in [3.63, 3.8) is 0 Å². The highest BCUT2D eigenvalue weighted by molar-refractivity contribution is 6.15. The predicted octanol–water partition coefficient (Wildman–Crippen LogP) is 10.5. The number of hydrogen-bond donors (Lipinski definition) is 2. The van der Waals surface area contributed by atoms with Crippen molar-refractivity contribution < 1.29 is 31.9 Å². The molecule has 0 radical (unpaired) electrons. The molecule has 9 rings (SSSR count). The maximum absolute atomic E-state index is 13.5. The first-order valence-electron chi connectivity index (χ1n) is 19.7. The quantitative estimate of drug-likeness (QED) is 0.140. The van der Waals surface area contributed by atoms with Gasteiger partial charge < -0.3 is 15.4 Å². The van der Waals surface area contributed by atoms with Crippen LogP contribution in [0.1, 0.15) is 74.4 Å². The van der Waals surface area contributed by atoms with Crippen molar-refractivity contribution in [2.75, 3.05) is 17.2 Å². The molecule has 0 saturated carbocycles. The van der Waals surface area contributed by atoms with E-state index in [9.17, 15) is 27.2 Å². The average molecular weight is 836 g/mol. The molecule has 0 aliphatic carbocycles. The van der Waals surface area contributed by atoms with Crippen LogP contribution in [0.2, 0.25) is 0 Å². The lowest BCUT2D eigenvalue weighted by atomic mass is 10.0. The van der Waals surface area contributed by atoms with Crippen molar-refractivity contribution in [1.82, 2.24) is 19.7 Å². The Balaban J connectivity index is 0.000000174. The van der Waals surface area contributed by atoms with E-state index >= 15 is 0 Å². The van der Waals surface area contributed by atoms with Gasteiger partial charge in [-0.3, -0.25) is 24.5 Å². The van der Waals surface area contributed by atoms with Crippen LogP contribution in [0.3, 0.4) is 0 Å². The maximum atomic E-state index is 13.5. The van der Waals surface area contributed by atoms with Gasteiger partial charge in [-0.05, 0) is 128 Å². The highest BCUT2D eigenvalue weighted by atomic mass is 19.1. The molecule has 62 heavy (non-hydrogen) atoms. The number of benzene rings is 4. The molecule has 4 aromatic carbocycles. The number of carbonyl (C=O) groups is 2. The zero-order chi connectivity index (χ0) is 43.0. The number of amides is 2. The lowest BCUT2D eigenvalue weighted by molar-refractivity contribution is -0.0367. The van der Waals surface area contributed by atoms with E-state index in [1.165, 1.54) is 0 Å². The number of fused-ring (bicyclic) bond motifs is 2. The monoisotopic (exact) mass is 835 g/mol. The molecule has 310 valence electrons. The second-order valence-corrected chi connectivity index (χ2v) is 14.4. The lowest BCUT2D eigenvalue weighted by Gasteiger charge is -2.23. The van der Waals surface area contributed by atoms with Crippen LogP contribution in [0.15, 0.2) is 133 Å². The highest BCUT2D eigenvalue weighted by Crippen LogP contribution is 2.30. The fourth-order valence-electron chi connectivity index (χ4n) is 6.99. The van der Waals surface area contributed by atoms with E-state index in [1.54, 1.807) is 36.7 Å². The summed E-state index contributed by atoms with van der Waals surface area (Å²) in [7, 11) is 0. The van der Waals surface area contributed by atoms with E-state index in [2.05, 4.69) is 25.6 Å². The molecular weight excluding hydrogens is 799 g/mol. The van der Waals surface area contributed by atoms with Gasteiger partial charge in [-0.1, -0.05) is 18.2 Å². The number of nitrogens with one attached hydrogen (secondary N) is 2. The first-order chi connectivity index (χ1) is 30.1. The molecule has 2 aliphatic rings. The van der Waals surface area contributed by atoms with E-state index in [4.69, 9.17) is 9.84 Å². The molecule has 1 unspecified atom stereocenters. The van der Waals surface area contributed by atoms with Crippen LogP contribution in [0, 0.1) is 23.3 Å². The van der Waals surface area contributed by atoms with Gasteiger partial charge in [-0.2, -0.15) is 5.10 Å². The largest absolute Gasteiger partial charge is 0.356 e. The first-order valence-corrected chi connectivity index (χ1v) is 19.7. The standard InChI is InChI=1S/C26H22F2N4O2.C22H15F2N3O/c27-18-14-19(28)16-21(15-18)30-26(33)17-7-10-24-22(13-17)23(9-8-20-5-1-3-11-29-20)31-32(24)25-6-2-4-12-34-25;23-16-10-17(24)12-19(11-16)27-22(28)14-4-5-15-13-26-21(20(15)9-14)7-6-18-3-1-2-8-25-18/h1,3,5,7-11,13-16,25H,2,4,6,12H2,(H,30,33);1-12H,13H2,(H,27,28)/b9-8+;7-6+. The first kappa shape index (κ1) is 41.2. The van der Waals surface area contributed by atoms with Gasteiger partial charge >= 0.3 is 0 Å². The van der Waals surface area contributed by atoms with Gasteiger partial charge in [0.25, 0.3) is 11.8 Å². The van der Waals surface area contributed by atoms with E-state index in [1.807, 2.05) is 77.5 Å². The highest BCUT2D eigenvalue weighted by Gasteiger charge is 2.22. The summed E-state index contributed by atoms with van der Waals surface area (Å²) in [5.74, 6) is -3.96. The summed E-state index contributed by atoms with van der Waals surface area (Å²) in [5, 5.41) is 10.6. The second-order valence-electron chi connectivity index (χ2n) is 14.4. The lowest BCUT2D eigenvalue weighted by Crippen LogP contribution is -2.19. The SMILES string of the molecule is O=C(Nc1cc(F)cc(F)c1)c1ccc2c(c1)C(/C=C/c1ccccn1)=NC2.O=C(Nc1cc(F)cc(F)c1)c1ccc2c(c1)c(/C=C/c1ccccn1)nn2C1CCCCO1. The van der Waals surface area contributed by atoms with Crippen LogP contribution in [0.4, 0.5) is 28.9 Å². The van der Waals surface area contributed by atoms with Crippen LogP contribution >= 0.6 is 0 Å². The Morgan fingerprint density at radius 1 is 0.661 bits per heavy atom. The number of rotatable bonds is 9. The third-order valence-electron chi connectivity index (χ3n) is 9.93. The Hall–Kier alpha value is -7.58. The normalized spacial score (nSPS) is 14.6. The molecule has 10 nitrogen and oxygen atoms in total. The smallest absolute Gasteiger partial charge is 0.255 e. The summed E-state index contributed by atoms with van der Waals surface area (Å²) in [5.41, 5.74) is 6.53. The zero-order valence-electron chi connectivity index (χ0n) is 32.9. The molecule has 2 amide bonds. The predicted molar refractivity (Wildman–Crippen MR) is 230 cm³/mol. The molecule has 7 aromatic rings. The van der Waals surface area contributed by atoms with E-state index < -0.39 is 35.1 Å². The molecule has 2 aliphatic heterocycles. The third kappa shape index (κ3) is 10.1. The summed E-state index contributed by atoms with van der Waals surface area (Å²) in [6.07, 6.45) is 13.6. The van der Waals surface area contributed by atoms with Crippen LogP contribution in [-0.4, -0.2) is 43.9 Å². The topological polar surface area (TPSA) is 123 Å². The number of nitrogens with zero attached hydrogens (tertiary/aromatic N) is 5. The van der Waals surface area contributed by atoms with Crippen molar-refractivity contribution in [3.8, 4) is 0 Å². The fourth-order valence-corrected chi connectivity index (χ4v) is 6.99. The molecule has 5 heterocycles. The van der Waals surface area contributed by atoms with Gasteiger partial charge in [0, 0.05) is 64.6 Å². The Morgan fingerprint density at radius 2 is 1.26 bits per heavy atom. The number of hydrogen-bond acceptors (Lipinski definition) is 7. The van der Waals surface area contributed by atoms with Crippen molar-refractivity contribution in [3.05, 3.63) is 190 Å². The summed E-state index contributed by atoms with van der Waals surface area (Å²) < 4.78 is 61.5. The zero-order valence-corrected chi connectivity index (χ0v) is 32.9. The number of halogens is 4. The maximum Gasteiger partial charge on any atom is 0.255 e. The molecule has 1 fully saturated rings. The van der Waals surface area contributed by atoms with Crippen LogP contribution in [0.25, 0.3) is 29.1 Å². The number of aromatic nitrogens is 4. The summed E-state index contributed by atoms with van der Waals surface area (Å²) in [6.45, 7) is 1.21. The molecule has 1 saturated heterocycles. The molecule has 1 atom stereocenters. The second kappa shape index (κ2) is 18.8. The average Bonchev–Trinajstić information content (AvgIpc) is 3.86. The fraction of sp³-hybridized carbons (Fsp3) is 0.125. The van der Waals surface area contributed by atoms with Crippen molar-refractivity contribution in [1.29, 1.82) is 0 Å². The minimum Gasteiger partial charge on any atom is -0.356 e. The van der Waals surface area contributed by atoms with Gasteiger partial charge in [0.05, 0.1) is 34.9 Å². The number of aliphatic imine (C=N–C) groups is 1. The van der Waals surface area contributed by atoms with Crippen LogP contribution < -0.4 is 10.6 Å². The number of allylic oxidation sites excluding steroid dienone is 1. The van der Waals surface area contributed by atoms with Crippen molar-refractivity contribution >= 4 is 58.0 Å². The van der Waals surface area contributed by atoms with E-state index in [0.29, 0.717) is 30.0 Å². The van der Waals surface area contributed by atoms with E-state index in [-0.39, 0.29) is 17.6 Å². The third-order valence-corrected chi connectivity index (χ3v) is 9.93. The molecule has 2 N–H and O–H groups in total. The van der Waals surface area contributed by atoms with Crippen LogP contribution in [0.5, 0.6) is 0 Å². The van der Waals surface area contributed by atoms with Gasteiger partial charge in [-0.25, -0.2) is 22.2 Å². The Bertz CT molecular complexity index is 2820. The minimum absolute atomic E-state index is 0.0455. The minimum atomic E-state index is -0.763. The number of ether oxygens (including phenoxy) is 1. The molecular formula is C48H37F4N7O3. The van der Waals surface area contributed by atoms with Crippen molar-refractivity contribution in [2.24, 2.45) is 4.99 Å². The van der Waals surface area contributed by atoms with Crippen LogP contribution in [-0.2, 0) is 11.3 Å². The Labute approximate surface area is 353 Å². The van der Waals surface area contributed by atoms with Gasteiger partial charge in [-0.15, -0.1) is 0 Å². The number of anilines is 2. The van der Waals surface area contributed by atoms with E-state index in [0.717, 1.165) is 94.8 Å². The van der Waals surface area contributed by atoms with Gasteiger partial charge in [0.2, 0.25) is 0 Å².